The van der Waals surface area contributed by atoms with Crippen molar-refractivity contribution < 1.29 is 13.5 Å². The second-order valence-corrected chi connectivity index (χ2v) is 1.95. The highest BCUT2D eigenvalue weighted by atomic mass is 19.3. The molecule has 1 aromatic rings. The molecule has 0 aliphatic rings. The molecule has 1 rings (SSSR count). The Hall–Kier alpha value is -1.32. The third-order valence-corrected chi connectivity index (χ3v) is 1.11. The molecule has 0 aromatic heterocycles. The Labute approximate surface area is 76.3 Å². The summed E-state index contributed by atoms with van der Waals surface area (Å²) in [6.45, 7) is 1.22. The number of hydrogen-bond donors (Lipinski definition) is 1. The monoisotopic (exact) mass is 189 g/mol. The van der Waals surface area contributed by atoms with Gasteiger partial charge in [-0.2, -0.15) is 8.78 Å². The number of ether oxygens (including phenoxy) is 1. The van der Waals surface area contributed by atoms with Crippen LogP contribution in [0, 0.1) is 0 Å². The molecule has 0 radical (unpaired) electrons. The number of halogens is 2. The van der Waals surface area contributed by atoms with Crippen molar-refractivity contribution in [3.8, 4) is 5.75 Å². The van der Waals surface area contributed by atoms with E-state index >= 15 is 0 Å². The van der Waals surface area contributed by atoms with Gasteiger partial charge in [-0.05, 0) is 24.3 Å². The summed E-state index contributed by atoms with van der Waals surface area (Å²) in [5.74, 6) is 0.120. The topological polar surface area (TPSA) is 35.2 Å². The van der Waals surface area contributed by atoms with Crippen LogP contribution in [0.3, 0.4) is 0 Å². The van der Waals surface area contributed by atoms with Gasteiger partial charge in [0.15, 0.2) is 0 Å². The summed E-state index contributed by atoms with van der Waals surface area (Å²) in [5.41, 5.74) is 5.83. The van der Waals surface area contributed by atoms with Crippen LogP contribution in [0.4, 0.5) is 14.5 Å². The van der Waals surface area contributed by atoms with Crippen LogP contribution in [0.2, 0.25) is 0 Å². The lowest BCUT2D eigenvalue weighted by Crippen LogP contribution is -2.01. The highest BCUT2D eigenvalue weighted by molar-refractivity contribution is 5.41. The first-order valence-electron chi connectivity index (χ1n) is 3.99. The van der Waals surface area contributed by atoms with Crippen LogP contribution in [-0.4, -0.2) is 6.61 Å². The standard InChI is InChI=1S/C7H7F2NO.C2H6/c8-7(9)11-6-3-1-5(10)2-4-6;1-2/h1-4,7H,10H2;1-2H3. The van der Waals surface area contributed by atoms with E-state index in [-0.39, 0.29) is 5.75 Å². The van der Waals surface area contributed by atoms with Gasteiger partial charge in [-0.1, -0.05) is 13.8 Å². The Morgan fingerprint density at radius 3 is 2.00 bits per heavy atom. The molecular formula is C9H13F2NO. The van der Waals surface area contributed by atoms with Gasteiger partial charge in [-0.15, -0.1) is 0 Å². The van der Waals surface area contributed by atoms with Crippen LogP contribution >= 0.6 is 0 Å². The minimum absolute atomic E-state index is 0.120. The maximum atomic E-state index is 11.6. The van der Waals surface area contributed by atoms with Crippen molar-refractivity contribution in [1.82, 2.24) is 0 Å². The Morgan fingerprint density at radius 2 is 1.62 bits per heavy atom. The molecule has 0 aliphatic carbocycles. The van der Waals surface area contributed by atoms with Gasteiger partial charge in [-0.3, -0.25) is 0 Å². The molecule has 2 nitrogen and oxygen atoms in total. The first-order chi connectivity index (χ1) is 6.18. The number of anilines is 1. The lowest BCUT2D eigenvalue weighted by molar-refractivity contribution is -0.0498. The molecule has 74 valence electrons. The van der Waals surface area contributed by atoms with Gasteiger partial charge in [0, 0.05) is 5.69 Å². The number of rotatable bonds is 2. The van der Waals surface area contributed by atoms with Crippen LogP contribution in [0.25, 0.3) is 0 Å². The highest BCUT2D eigenvalue weighted by Gasteiger charge is 2.02. The molecule has 0 heterocycles. The molecule has 0 bridgehead atoms. The summed E-state index contributed by atoms with van der Waals surface area (Å²) in [7, 11) is 0. The van der Waals surface area contributed by atoms with Gasteiger partial charge < -0.3 is 10.5 Å². The number of nitrogen functional groups attached to an aromatic ring is 1. The van der Waals surface area contributed by atoms with Crippen molar-refractivity contribution in [3.63, 3.8) is 0 Å². The summed E-state index contributed by atoms with van der Waals surface area (Å²) in [4.78, 5) is 0. The average Bonchev–Trinajstić information content (AvgIpc) is 2.12. The van der Waals surface area contributed by atoms with Crippen molar-refractivity contribution in [2.45, 2.75) is 20.5 Å². The third-order valence-electron chi connectivity index (χ3n) is 1.11. The Bertz CT molecular complexity index is 224. The number of alkyl halides is 2. The van der Waals surface area contributed by atoms with Crippen molar-refractivity contribution in [2.24, 2.45) is 0 Å². The summed E-state index contributed by atoms with van der Waals surface area (Å²) in [6, 6.07) is 5.78. The molecular weight excluding hydrogens is 176 g/mol. The van der Waals surface area contributed by atoms with Gasteiger partial charge in [0.2, 0.25) is 0 Å². The molecule has 0 aliphatic heterocycles. The maximum Gasteiger partial charge on any atom is 0.387 e. The van der Waals surface area contributed by atoms with Gasteiger partial charge in [0.1, 0.15) is 5.75 Å². The first-order valence-corrected chi connectivity index (χ1v) is 3.99. The van der Waals surface area contributed by atoms with E-state index in [0.29, 0.717) is 5.69 Å². The summed E-state index contributed by atoms with van der Waals surface area (Å²) >= 11 is 0. The Morgan fingerprint density at radius 1 is 1.15 bits per heavy atom. The van der Waals surface area contributed by atoms with Crippen molar-refractivity contribution in [3.05, 3.63) is 24.3 Å². The Kier molecular flexibility index (Phi) is 5.59. The molecule has 4 heteroatoms. The van der Waals surface area contributed by atoms with Gasteiger partial charge in [-0.25, -0.2) is 0 Å². The zero-order valence-corrected chi connectivity index (χ0v) is 7.63. The highest BCUT2D eigenvalue weighted by Crippen LogP contribution is 2.15. The van der Waals surface area contributed by atoms with Crippen molar-refractivity contribution in [1.29, 1.82) is 0 Å². The zero-order chi connectivity index (χ0) is 10.3. The summed E-state index contributed by atoms with van der Waals surface area (Å²) < 4.78 is 27.2. The number of hydrogen-bond acceptors (Lipinski definition) is 2. The molecule has 0 unspecified atom stereocenters. The van der Waals surface area contributed by atoms with E-state index in [1.807, 2.05) is 13.8 Å². The van der Waals surface area contributed by atoms with E-state index in [2.05, 4.69) is 4.74 Å². The molecule has 0 atom stereocenters. The van der Waals surface area contributed by atoms with E-state index in [9.17, 15) is 8.78 Å². The lowest BCUT2D eigenvalue weighted by atomic mass is 10.3. The van der Waals surface area contributed by atoms with Crippen LogP contribution in [0.5, 0.6) is 5.75 Å². The van der Waals surface area contributed by atoms with E-state index in [1.54, 1.807) is 0 Å². The summed E-state index contributed by atoms with van der Waals surface area (Å²) in [5, 5.41) is 0. The molecule has 0 fully saturated rings. The third kappa shape index (κ3) is 5.00. The van der Waals surface area contributed by atoms with E-state index < -0.39 is 6.61 Å². The van der Waals surface area contributed by atoms with Crippen LogP contribution in [0.15, 0.2) is 24.3 Å². The van der Waals surface area contributed by atoms with Gasteiger partial charge in [0.05, 0.1) is 0 Å². The fraction of sp³-hybridized carbons (Fsp3) is 0.333. The minimum atomic E-state index is -2.78. The minimum Gasteiger partial charge on any atom is -0.435 e. The predicted octanol–water partition coefficient (Wildman–Crippen LogP) is 2.90. The second kappa shape index (κ2) is 6.22. The molecule has 0 saturated carbocycles. The SMILES string of the molecule is CC.Nc1ccc(OC(F)F)cc1. The van der Waals surface area contributed by atoms with E-state index in [4.69, 9.17) is 5.73 Å². The quantitative estimate of drug-likeness (QED) is 0.726. The van der Waals surface area contributed by atoms with Gasteiger partial charge >= 0.3 is 6.61 Å². The smallest absolute Gasteiger partial charge is 0.387 e. The average molecular weight is 189 g/mol. The van der Waals surface area contributed by atoms with Gasteiger partial charge in [0.25, 0.3) is 0 Å². The van der Waals surface area contributed by atoms with E-state index in [0.717, 1.165) is 0 Å². The normalized spacial score (nSPS) is 9.00. The largest absolute Gasteiger partial charge is 0.435 e. The zero-order valence-electron chi connectivity index (χ0n) is 7.63. The lowest BCUT2D eigenvalue weighted by Gasteiger charge is -2.02. The predicted molar refractivity (Wildman–Crippen MR) is 48.8 cm³/mol. The van der Waals surface area contributed by atoms with Crippen LogP contribution in [-0.2, 0) is 0 Å². The maximum absolute atomic E-state index is 11.6. The molecule has 0 saturated heterocycles. The van der Waals surface area contributed by atoms with Crippen LogP contribution < -0.4 is 10.5 Å². The van der Waals surface area contributed by atoms with Crippen molar-refractivity contribution in [2.75, 3.05) is 5.73 Å². The van der Waals surface area contributed by atoms with Crippen LogP contribution in [0.1, 0.15) is 13.8 Å². The van der Waals surface area contributed by atoms with E-state index in [1.165, 1.54) is 24.3 Å². The number of benzene rings is 1. The molecule has 13 heavy (non-hydrogen) atoms. The molecule has 0 spiro atoms. The first kappa shape index (κ1) is 11.7. The molecule has 0 amide bonds. The summed E-state index contributed by atoms with van der Waals surface area (Å²) in [6.07, 6.45) is 0. The fourth-order valence-corrected chi connectivity index (χ4v) is 0.649. The van der Waals surface area contributed by atoms with Crippen molar-refractivity contribution >= 4 is 5.69 Å². The molecule has 1 aromatic carbocycles. The molecule has 2 N–H and O–H groups in total. The fourth-order valence-electron chi connectivity index (χ4n) is 0.649. The Balaban J connectivity index is 0.000000671. The number of nitrogens with two attached hydrogens (primary N) is 1. The second-order valence-electron chi connectivity index (χ2n) is 1.95.